The molecule has 1 saturated heterocycles. The Morgan fingerprint density at radius 3 is 2.73 bits per heavy atom. The fourth-order valence-electron chi connectivity index (χ4n) is 4.34. The molecule has 4 N–H and O–H groups in total. The maximum absolute atomic E-state index is 12.1. The van der Waals surface area contributed by atoms with Crippen LogP contribution in [-0.2, 0) is 28.1 Å². The van der Waals surface area contributed by atoms with Crippen molar-refractivity contribution in [3.8, 4) is 0 Å². The van der Waals surface area contributed by atoms with Gasteiger partial charge in [-0.15, -0.1) is 0 Å². The normalized spacial score (nSPS) is 26.1. The van der Waals surface area contributed by atoms with Gasteiger partial charge in [-0.05, 0) is 30.5 Å². The first-order valence-corrected chi connectivity index (χ1v) is 14.2. The summed E-state index contributed by atoms with van der Waals surface area (Å²) < 4.78 is 34.2. The predicted molar refractivity (Wildman–Crippen MR) is 132 cm³/mol. The average molecular weight is 563 g/mol. The van der Waals surface area contributed by atoms with Crippen LogP contribution in [0.25, 0.3) is 11.0 Å². The highest BCUT2D eigenvalue weighted by atomic mass is 35.5. The molecule has 0 bridgehead atoms. The van der Waals surface area contributed by atoms with E-state index < -0.39 is 57.2 Å². The Labute approximate surface area is 218 Å². The number of hydrogen-bond donors (Lipinski definition) is 4. The zero-order valence-corrected chi connectivity index (χ0v) is 22.2. The topological polar surface area (TPSA) is 174 Å². The number of aliphatic hydroxyl groups is 2. The Balaban J connectivity index is 1.37. The van der Waals surface area contributed by atoms with Crippen molar-refractivity contribution in [3.63, 3.8) is 0 Å². The van der Waals surface area contributed by atoms with Crippen LogP contribution in [0.3, 0.4) is 0 Å². The summed E-state index contributed by atoms with van der Waals surface area (Å²) in [6.45, 7) is 2.23. The van der Waals surface area contributed by atoms with Gasteiger partial charge in [0.15, 0.2) is 6.23 Å². The van der Waals surface area contributed by atoms with Gasteiger partial charge in [0.25, 0.3) is 0 Å². The molecule has 2 aliphatic rings. The summed E-state index contributed by atoms with van der Waals surface area (Å²) in [4.78, 5) is 29.9. The van der Waals surface area contributed by atoms with E-state index in [-0.39, 0.29) is 11.9 Å². The van der Waals surface area contributed by atoms with Crippen LogP contribution in [0.2, 0.25) is 5.28 Å². The summed E-state index contributed by atoms with van der Waals surface area (Å²) >= 11 is 6.18. The Bertz CT molecular complexity index is 1140. The molecular weight excluding hydrogens is 531 g/mol. The van der Waals surface area contributed by atoms with Crippen LogP contribution < -0.4 is 5.32 Å². The van der Waals surface area contributed by atoms with Gasteiger partial charge in [-0.25, -0.2) is 4.98 Å². The summed E-state index contributed by atoms with van der Waals surface area (Å²) in [6, 6.07) is 2.07. The van der Waals surface area contributed by atoms with E-state index in [1.54, 1.807) is 30.7 Å². The molecular formula is C22H32ClN4O9P. The molecule has 0 radical (unpaired) electrons. The van der Waals surface area contributed by atoms with E-state index in [1.807, 2.05) is 0 Å². The fraction of sp³-hybridized carbons (Fsp3) is 0.682. The third kappa shape index (κ3) is 6.79. The van der Waals surface area contributed by atoms with Crippen LogP contribution in [0.4, 0.5) is 5.82 Å². The lowest BCUT2D eigenvalue weighted by Crippen LogP contribution is -2.34. The smallest absolute Gasteiger partial charge is 0.356 e. The Hall–Kier alpha value is -1.83. The van der Waals surface area contributed by atoms with E-state index in [2.05, 4.69) is 15.3 Å². The SMILES string of the molecule is CC(C)C(=O)OCOP(=O)(O)COC[C@H]1O[C@@H](n2ccc3c(NC4CCCC4)nc(Cl)nc32)[C@H](O)[C@@H]1O. The number of carbonyl (C=O) groups excluding carboxylic acids is 1. The molecule has 1 unspecified atom stereocenters. The van der Waals surface area contributed by atoms with Crippen LogP contribution in [-0.4, -0.2) is 79.7 Å². The second-order valence-corrected chi connectivity index (χ2v) is 11.6. The van der Waals surface area contributed by atoms with Gasteiger partial charge in [-0.1, -0.05) is 26.7 Å². The molecule has 1 aliphatic carbocycles. The summed E-state index contributed by atoms with van der Waals surface area (Å²) in [5, 5.41) is 25.3. The number of nitrogens with one attached hydrogen (secondary N) is 1. The molecule has 0 aromatic carbocycles. The highest BCUT2D eigenvalue weighted by Gasteiger charge is 2.44. The van der Waals surface area contributed by atoms with Gasteiger partial charge in [-0.2, -0.15) is 4.98 Å². The molecule has 0 amide bonds. The minimum atomic E-state index is -4.23. The molecule has 3 heterocycles. The van der Waals surface area contributed by atoms with Gasteiger partial charge in [-0.3, -0.25) is 13.9 Å². The lowest BCUT2D eigenvalue weighted by atomic mass is 10.1. The number of ether oxygens (including phenoxy) is 3. The molecule has 1 aliphatic heterocycles. The number of hydrogen-bond acceptors (Lipinski definition) is 11. The van der Waals surface area contributed by atoms with Crippen molar-refractivity contribution in [3.05, 3.63) is 17.5 Å². The minimum Gasteiger partial charge on any atom is -0.438 e. The number of aliphatic hydroxyl groups excluding tert-OH is 2. The van der Waals surface area contributed by atoms with Crippen LogP contribution in [0, 0.1) is 5.92 Å². The van der Waals surface area contributed by atoms with Crippen molar-refractivity contribution < 1.29 is 43.2 Å². The average Bonchev–Trinajstić information content (AvgIpc) is 3.55. The van der Waals surface area contributed by atoms with Crippen LogP contribution in [0.5, 0.6) is 0 Å². The summed E-state index contributed by atoms with van der Waals surface area (Å²) in [7, 11) is -4.23. The molecule has 2 fully saturated rings. The van der Waals surface area contributed by atoms with Crippen molar-refractivity contribution in [1.29, 1.82) is 0 Å². The van der Waals surface area contributed by atoms with Gasteiger partial charge < -0.3 is 39.2 Å². The summed E-state index contributed by atoms with van der Waals surface area (Å²) in [6.07, 6.45) is 0.593. The van der Waals surface area contributed by atoms with Gasteiger partial charge >= 0.3 is 13.6 Å². The van der Waals surface area contributed by atoms with E-state index >= 15 is 0 Å². The Morgan fingerprint density at radius 1 is 1.30 bits per heavy atom. The van der Waals surface area contributed by atoms with Crippen LogP contribution in [0.15, 0.2) is 12.3 Å². The number of anilines is 1. The Morgan fingerprint density at radius 2 is 2.03 bits per heavy atom. The lowest BCUT2D eigenvalue weighted by molar-refractivity contribution is -0.154. The Kier molecular flexibility index (Phi) is 9.08. The predicted octanol–water partition coefficient (Wildman–Crippen LogP) is 2.39. The molecule has 206 valence electrons. The summed E-state index contributed by atoms with van der Waals surface area (Å²) in [5.41, 5.74) is 0.419. The number of aromatic nitrogens is 3. The molecule has 0 spiro atoms. The second kappa shape index (κ2) is 11.9. The maximum Gasteiger partial charge on any atom is 0.356 e. The highest BCUT2D eigenvalue weighted by Crippen LogP contribution is 2.42. The van der Waals surface area contributed by atoms with E-state index in [9.17, 15) is 24.5 Å². The molecule has 5 atom stereocenters. The molecule has 15 heteroatoms. The zero-order chi connectivity index (χ0) is 26.7. The van der Waals surface area contributed by atoms with Crippen molar-refractivity contribution in [1.82, 2.24) is 14.5 Å². The van der Waals surface area contributed by atoms with Crippen molar-refractivity contribution in [2.24, 2.45) is 5.92 Å². The molecule has 1 saturated carbocycles. The number of carbonyl (C=O) groups is 1. The first-order chi connectivity index (χ1) is 17.6. The second-order valence-electron chi connectivity index (χ2n) is 9.48. The van der Waals surface area contributed by atoms with E-state index in [4.69, 9.17) is 30.3 Å². The van der Waals surface area contributed by atoms with Gasteiger partial charge in [0.05, 0.1) is 17.9 Å². The first kappa shape index (κ1) is 28.2. The van der Waals surface area contributed by atoms with Gasteiger partial charge in [0, 0.05) is 12.2 Å². The van der Waals surface area contributed by atoms with Crippen LogP contribution >= 0.6 is 19.2 Å². The minimum absolute atomic E-state index is 0.0265. The van der Waals surface area contributed by atoms with Crippen molar-refractivity contribution in [2.75, 3.05) is 25.1 Å². The summed E-state index contributed by atoms with van der Waals surface area (Å²) in [5.74, 6) is -0.395. The number of fused-ring (bicyclic) bond motifs is 1. The van der Waals surface area contributed by atoms with Crippen LogP contribution in [0.1, 0.15) is 45.8 Å². The molecule has 37 heavy (non-hydrogen) atoms. The standard InChI is InChI=1S/C22H32ClN4O9P/c1-12(2)21(30)34-10-35-37(31,32)11-33-9-15-16(28)17(29)20(36-15)27-8-7-14-18(24-13-5-3-4-6-13)25-22(23)26-19(14)27/h7-8,12-13,15-17,20,28-29H,3-6,9-11H2,1-2H3,(H,31,32)(H,24,25,26)/t15-,16-,17-,20-/m1/s1. The monoisotopic (exact) mass is 562 g/mol. The van der Waals surface area contributed by atoms with E-state index in [0.717, 1.165) is 25.7 Å². The molecule has 4 rings (SSSR count). The maximum atomic E-state index is 12.1. The molecule has 13 nitrogen and oxygen atoms in total. The third-order valence-electron chi connectivity index (χ3n) is 6.32. The van der Waals surface area contributed by atoms with Gasteiger partial charge in [0.2, 0.25) is 12.1 Å². The van der Waals surface area contributed by atoms with E-state index in [0.29, 0.717) is 22.9 Å². The lowest BCUT2D eigenvalue weighted by Gasteiger charge is -2.18. The first-order valence-electron chi connectivity index (χ1n) is 12.1. The molecule has 2 aromatic rings. The van der Waals surface area contributed by atoms with Crippen molar-refractivity contribution >= 4 is 42.0 Å². The zero-order valence-electron chi connectivity index (χ0n) is 20.5. The number of esters is 1. The quantitative estimate of drug-likeness (QED) is 0.136. The van der Waals surface area contributed by atoms with Gasteiger partial charge in [0.1, 0.15) is 36.1 Å². The fourth-order valence-corrected chi connectivity index (χ4v) is 5.13. The number of halogens is 1. The van der Waals surface area contributed by atoms with E-state index in [1.165, 1.54) is 0 Å². The van der Waals surface area contributed by atoms with Crippen molar-refractivity contribution in [2.45, 2.75) is 70.1 Å². The number of rotatable bonds is 11. The largest absolute Gasteiger partial charge is 0.438 e. The number of nitrogens with zero attached hydrogens (tertiary/aromatic N) is 3. The third-order valence-corrected chi connectivity index (χ3v) is 7.50. The highest BCUT2D eigenvalue weighted by molar-refractivity contribution is 7.52. The molecule has 2 aromatic heterocycles.